The fraction of sp³-hybridized carbons (Fsp3) is 0.375. The molecule has 2 amide bonds. The molecule has 0 aromatic heterocycles. The van der Waals surface area contributed by atoms with Gasteiger partial charge in [-0.05, 0) is 55.5 Å². The van der Waals surface area contributed by atoms with Crippen LogP contribution >= 0.6 is 0 Å². The fourth-order valence-electron chi connectivity index (χ4n) is 4.72. The fourth-order valence-corrected chi connectivity index (χ4v) is 5.73. The van der Waals surface area contributed by atoms with Gasteiger partial charge < -0.3 is 10.2 Å². The molecule has 9 heteroatoms. The van der Waals surface area contributed by atoms with E-state index in [1.807, 2.05) is 57.2 Å². The molecule has 41 heavy (non-hydrogen) atoms. The summed E-state index contributed by atoms with van der Waals surface area (Å²) >= 11 is 0. The molecular weight excluding hydrogens is 541 g/mol. The molecule has 0 saturated heterocycles. The van der Waals surface area contributed by atoms with Crippen molar-refractivity contribution in [2.75, 3.05) is 23.7 Å². The SMILES string of the molecule is CCCNC(=O)[C@@H](Cc1ccccc1)N(Cc1ccccc1F)C(=O)CCCN(c1cccc(C)c1C)S(C)(=O)=O. The van der Waals surface area contributed by atoms with E-state index < -0.39 is 21.9 Å². The Morgan fingerprint density at radius 3 is 2.29 bits per heavy atom. The Kier molecular flexibility index (Phi) is 11.5. The minimum atomic E-state index is -3.62. The lowest BCUT2D eigenvalue weighted by Crippen LogP contribution is -2.50. The van der Waals surface area contributed by atoms with E-state index in [4.69, 9.17) is 0 Å². The number of nitrogens with one attached hydrogen (secondary N) is 1. The highest BCUT2D eigenvalue weighted by Gasteiger charge is 2.31. The number of hydrogen-bond acceptors (Lipinski definition) is 4. The van der Waals surface area contributed by atoms with Gasteiger partial charge in [0.1, 0.15) is 11.9 Å². The van der Waals surface area contributed by atoms with Crippen LogP contribution < -0.4 is 9.62 Å². The van der Waals surface area contributed by atoms with Crippen molar-refractivity contribution >= 4 is 27.5 Å². The summed E-state index contributed by atoms with van der Waals surface area (Å²) in [5.41, 5.74) is 3.55. The van der Waals surface area contributed by atoms with Crippen LogP contribution in [0, 0.1) is 19.7 Å². The average Bonchev–Trinajstić information content (AvgIpc) is 2.94. The number of nitrogens with zero attached hydrogens (tertiary/aromatic N) is 2. The topological polar surface area (TPSA) is 86.8 Å². The normalized spacial score (nSPS) is 12.0. The lowest BCUT2D eigenvalue weighted by atomic mass is 10.0. The molecule has 0 spiro atoms. The molecule has 220 valence electrons. The number of sulfonamides is 1. The Balaban J connectivity index is 1.90. The summed E-state index contributed by atoms with van der Waals surface area (Å²) < 4.78 is 41.5. The van der Waals surface area contributed by atoms with Crippen LogP contribution in [0.3, 0.4) is 0 Å². The molecule has 0 aliphatic carbocycles. The zero-order chi connectivity index (χ0) is 30.0. The summed E-state index contributed by atoms with van der Waals surface area (Å²) in [5, 5.41) is 2.90. The van der Waals surface area contributed by atoms with Gasteiger partial charge >= 0.3 is 0 Å². The first-order chi connectivity index (χ1) is 19.5. The van der Waals surface area contributed by atoms with Gasteiger partial charge in [-0.15, -0.1) is 0 Å². The predicted octanol–water partition coefficient (Wildman–Crippen LogP) is 5.16. The molecule has 3 aromatic rings. The lowest BCUT2D eigenvalue weighted by molar-refractivity contribution is -0.141. The van der Waals surface area contributed by atoms with Gasteiger partial charge in [-0.25, -0.2) is 12.8 Å². The maximum absolute atomic E-state index is 14.7. The first kappa shape index (κ1) is 31.8. The molecule has 0 aliphatic rings. The first-order valence-electron chi connectivity index (χ1n) is 13.9. The molecule has 0 saturated carbocycles. The van der Waals surface area contributed by atoms with Gasteiger partial charge in [0.25, 0.3) is 0 Å². The van der Waals surface area contributed by atoms with E-state index in [-0.39, 0.29) is 44.2 Å². The maximum atomic E-state index is 14.7. The van der Waals surface area contributed by atoms with E-state index in [2.05, 4.69) is 5.32 Å². The number of halogens is 1. The van der Waals surface area contributed by atoms with Gasteiger partial charge in [0.15, 0.2) is 0 Å². The third-order valence-electron chi connectivity index (χ3n) is 7.12. The van der Waals surface area contributed by atoms with Gasteiger partial charge in [0.2, 0.25) is 21.8 Å². The number of carbonyl (C=O) groups is 2. The second-order valence-electron chi connectivity index (χ2n) is 10.3. The third-order valence-corrected chi connectivity index (χ3v) is 8.30. The average molecular weight is 582 g/mol. The molecule has 0 unspecified atom stereocenters. The summed E-state index contributed by atoms with van der Waals surface area (Å²) in [5.74, 6) is -1.13. The van der Waals surface area contributed by atoms with E-state index >= 15 is 0 Å². The number of benzene rings is 3. The first-order valence-corrected chi connectivity index (χ1v) is 15.8. The van der Waals surface area contributed by atoms with Gasteiger partial charge in [-0.3, -0.25) is 13.9 Å². The second kappa shape index (κ2) is 14.8. The van der Waals surface area contributed by atoms with E-state index in [9.17, 15) is 22.4 Å². The minimum Gasteiger partial charge on any atom is -0.354 e. The zero-order valence-corrected chi connectivity index (χ0v) is 25.1. The number of carbonyl (C=O) groups excluding carboxylic acids is 2. The zero-order valence-electron chi connectivity index (χ0n) is 24.3. The molecule has 0 fully saturated rings. The van der Waals surface area contributed by atoms with Crippen molar-refractivity contribution in [3.63, 3.8) is 0 Å². The van der Waals surface area contributed by atoms with Crippen molar-refractivity contribution in [3.8, 4) is 0 Å². The van der Waals surface area contributed by atoms with Crippen LogP contribution in [0.5, 0.6) is 0 Å². The number of rotatable bonds is 14. The standard InChI is InChI=1S/C32H40FN3O4S/c1-5-20-34-32(38)30(22-26-14-7-6-8-15-26)35(23-27-16-9-10-17-28(27)33)31(37)19-12-21-36(41(4,39)40)29-18-11-13-24(2)25(29)3/h6-11,13-18,30H,5,12,19-23H2,1-4H3,(H,34,38)/t30-/m1/s1. The van der Waals surface area contributed by atoms with Crippen molar-refractivity contribution in [2.24, 2.45) is 0 Å². The molecule has 0 bridgehead atoms. The van der Waals surface area contributed by atoms with Crippen LogP contribution in [0.4, 0.5) is 10.1 Å². The van der Waals surface area contributed by atoms with E-state index in [0.717, 1.165) is 29.4 Å². The molecule has 0 aliphatic heterocycles. The van der Waals surface area contributed by atoms with E-state index in [1.165, 1.54) is 15.3 Å². The van der Waals surface area contributed by atoms with Gasteiger partial charge in [0, 0.05) is 38.0 Å². The predicted molar refractivity (Wildman–Crippen MR) is 162 cm³/mol. The van der Waals surface area contributed by atoms with Crippen molar-refractivity contribution in [1.82, 2.24) is 10.2 Å². The van der Waals surface area contributed by atoms with Crippen LogP contribution in [-0.2, 0) is 32.6 Å². The molecular formula is C32H40FN3O4S. The molecule has 0 radical (unpaired) electrons. The quantitative estimate of drug-likeness (QED) is 0.285. The van der Waals surface area contributed by atoms with Gasteiger partial charge in [-0.2, -0.15) is 0 Å². The molecule has 3 rings (SSSR count). The molecule has 7 nitrogen and oxygen atoms in total. The Morgan fingerprint density at radius 2 is 1.63 bits per heavy atom. The monoisotopic (exact) mass is 581 g/mol. The Bertz CT molecular complexity index is 1430. The van der Waals surface area contributed by atoms with Crippen LogP contribution in [0.1, 0.15) is 48.4 Å². The van der Waals surface area contributed by atoms with Crippen LogP contribution in [0.2, 0.25) is 0 Å². The summed E-state index contributed by atoms with van der Waals surface area (Å²) in [7, 11) is -3.62. The molecule has 1 N–H and O–H groups in total. The Labute approximate surface area is 243 Å². The summed E-state index contributed by atoms with van der Waals surface area (Å²) in [6.45, 7) is 6.18. The number of amides is 2. The smallest absolute Gasteiger partial charge is 0.243 e. The third kappa shape index (κ3) is 8.88. The molecule has 3 aromatic carbocycles. The Morgan fingerprint density at radius 1 is 0.951 bits per heavy atom. The lowest BCUT2D eigenvalue weighted by Gasteiger charge is -2.32. The number of hydrogen-bond donors (Lipinski definition) is 1. The van der Waals surface area contributed by atoms with Gasteiger partial charge in [0.05, 0.1) is 11.9 Å². The second-order valence-corrected chi connectivity index (χ2v) is 12.2. The minimum absolute atomic E-state index is 0.0162. The highest BCUT2D eigenvalue weighted by Crippen LogP contribution is 2.26. The number of anilines is 1. The number of aryl methyl sites for hydroxylation is 1. The van der Waals surface area contributed by atoms with Crippen molar-refractivity contribution in [1.29, 1.82) is 0 Å². The van der Waals surface area contributed by atoms with Crippen LogP contribution in [-0.4, -0.2) is 50.5 Å². The summed E-state index contributed by atoms with van der Waals surface area (Å²) in [6.07, 6.45) is 2.34. The van der Waals surface area contributed by atoms with Crippen LogP contribution in [0.15, 0.2) is 72.8 Å². The van der Waals surface area contributed by atoms with Crippen molar-refractivity contribution < 1.29 is 22.4 Å². The van der Waals surface area contributed by atoms with Gasteiger partial charge in [-0.1, -0.05) is 67.6 Å². The maximum Gasteiger partial charge on any atom is 0.243 e. The largest absolute Gasteiger partial charge is 0.354 e. The Hall–Kier alpha value is -3.72. The highest BCUT2D eigenvalue weighted by atomic mass is 32.2. The molecule has 1 atom stereocenters. The van der Waals surface area contributed by atoms with Crippen LogP contribution in [0.25, 0.3) is 0 Å². The highest BCUT2D eigenvalue weighted by molar-refractivity contribution is 7.92. The summed E-state index contributed by atoms with van der Waals surface area (Å²) in [6, 6.07) is 20.2. The van der Waals surface area contributed by atoms with E-state index in [0.29, 0.717) is 17.8 Å². The van der Waals surface area contributed by atoms with E-state index in [1.54, 1.807) is 30.3 Å². The van der Waals surface area contributed by atoms with Crippen molar-refractivity contribution in [2.45, 2.75) is 59.0 Å². The molecule has 0 heterocycles. The van der Waals surface area contributed by atoms with Crippen molar-refractivity contribution in [3.05, 3.63) is 101 Å². The summed E-state index contributed by atoms with van der Waals surface area (Å²) in [4.78, 5) is 28.7.